The van der Waals surface area contributed by atoms with Crippen molar-refractivity contribution in [3.05, 3.63) is 57.8 Å². The third kappa shape index (κ3) is 3.60. The minimum atomic E-state index is -0.651. The van der Waals surface area contributed by atoms with E-state index in [-0.39, 0.29) is 12.5 Å². The van der Waals surface area contributed by atoms with Gasteiger partial charge in [-0.15, -0.1) is 11.3 Å². The lowest BCUT2D eigenvalue weighted by molar-refractivity contribution is -0.131. The van der Waals surface area contributed by atoms with Crippen molar-refractivity contribution < 1.29 is 9.59 Å². The molecule has 0 spiro atoms. The van der Waals surface area contributed by atoms with Gasteiger partial charge in [-0.1, -0.05) is 30.3 Å². The molecule has 5 nitrogen and oxygen atoms in total. The summed E-state index contributed by atoms with van der Waals surface area (Å²) in [5.41, 5.74) is 7.45. The fraction of sp³-hybridized carbons (Fsp3) is 0.294. The highest BCUT2D eigenvalue weighted by Crippen LogP contribution is 2.24. The number of hydrogen-bond donors (Lipinski definition) is 2. The number of nitrogens with two attached hydrogens (primary N) is 1. The van der Waals surface area contributed by atoms with Gasteiger partial charge in [0.2, 0.25) is 11.8 Å². The zero-order chi connectivity index (χ0) is 16.2. The minimum Gasteiger partial charge on any atom is -0.368 e. The molecule has 1 aromatic heterocycles. The number of hydrogen-bond acceptors (Lipinski definition) is 4. The third-order valence-electron chi connectivity index (χ3n) is 4.04. The minimum absolute atomic E-state index is 0.0102. The largest absolute Gasteiger partial charge is 0.368 e. The van der Waals surface area contributed by atoms with Crippen molar-refractivity contribution in [3.63, 3.8) is 0 Å². The van der Waals surface area contributed by atoms with Crippen LogP contribution in [0.1, 0.15) is 22.0 Å². The van der Waals surface area contributed by atoms with Gasteiger partial charge in [-0.2, -0.15) is 0 Å². The van der Waals surface area contributed by atoms with Crippen LogP contribution in [0.4, 0.5) is 0 Å². The molecule has 1 aromatic carbocycles. The highest BCUT2D eigenvalue weighted by atomic mass is 32.1. The Morgan fingerprint density at radius 1 is 1.26 bits per heavy atom. The quantitative estimate of drug-likeness (QED) is 0.872. The Kier molecular flexibility index (Phi) is 4.73. The monoisotopic (exact) mass is 329 g/mol. The second kappa shape index (κ2) is 6.93. The molecule has 0 unspecified atom stereocenters. The molecule has 6 heteroatoms. The fourth-order valence-corrected chi connectivity index (χ4v) is 3.68. The number of carbonyl (C=O) groups is 2. The van der Waals surface area contributed by atoms with Crippen LogP contribution in [-0.4, -0.2) is 29.8 Å². The van der Waals surface area contributed by atoms with Crippen LogP contribution in [0.3, 0.4) is 0 Å². The van der Waals surface area contributed by atoms with Crippen molar-refractivity contribution in [3.8, 4) is 0 Å². The van der Waals surface area contributed by atoms with Crippen LogP contribution in [0.15, 0.2) is 41.8 Å². The molecule has 0 saturated heterocycles. The number of nitrogens with zero attached hydrogens (tertiary/aromatic N) is 1. The maximum Gasteiger partial charge on any atom is 0.239 e. The summed E-state index contributed by atoms with van der Waals surface area (Å²) in [6.07, 6.45) is 0.899. The summed E-state index contributed by atoms with van der Waals surface area (Å²) in [7, 11) is 0. The lowest BCUT2D eigenvalue weighted by Crippen LogP contribution is -2.43. The van der Waals surface area contributed by atoms with Gasteiger partial charge in [0.15, 0.2) is 0 Å². The van der Waals surface area contributed by atoms with Crippen molar-refractivity contribution in [2.75, 3.05) is 13.1 Å². The normalized spacial score (nSPS) is 15.0. The van der Waals surface area contributed by atoms with E-state index >= 15 is 0 Å². The van der Waals surface area contributed by atoms with Gasteiger partial charge in [0.05, 0.1) is 6.54 Å². The molecule has 120 valence electrons. The first kappa shape index (κ1) is 15.7. The van der Waals surface area contributed by atoms with E-state index in [4.69, 9.17) is 5.73 Å². The molecule has 0 aliphatic carbocycles. The summed E-state index contributed by atoms with van der Waals surface area (Å²) in [4.78, 5) is 27.2. The molecular weight excluding hydrogens is 310 g/mol. The third-order valence-corrected chi connectivity index (χ3v) is 5.06. The lowest BCUT2D eigenvalue weighted by Gasteiger charge is -2.28. The van der Waals surface area contributed by atoms with Crippen molar-refractivity contribution in [1.29, 1.82) is 0 Å². The van der Waals surface area contributed by atoms with Crippen molar-refractivity contribution >= 4 is 23.2 Å². The predicted molar refractivity (Wildman–Crippen MR) is 89.8 cm³/mol. The number of thiophene rings is 1. The Bertz CT molecular complexity index is 699. The van der Waals surface area contributed by atoms with Gasteiger partial charge in [0.25, 0.3) is 0 Å². The van der Waals surface area contributed by atoms with Gasteiger partial charge in [0.1, 0.15) is 6.04 Å². The first-order valence-corrected chi connectivity index (χ1v) is 8.44. The van der Waals surface area contributed by atoms with E-state index in [2.05, 4.69) is 16.8 Å². The second-order valence-electron chi connectivity index (χ2n) is 5.56. The van der Waals surface area contributed by atoms with Crippen LogP contribution in [-0.2, 0) is 22.6 Å². The molecule has 3 rings (SSSR count). The topological polar surface area (TPSA) is 75.4 Å². The Morgan fingerprint density at radius 3 is 2.78 bits per heavy atom. The number of amides is 2. The molecular formula is C17H19N3O2S. The second-order valence-corrected chi connectivity index (χ2v) is 6.56. The molecule has 2 amide bonds. The van der Waals surface area contributed by atoms with E-state index in [1.807, 2.05) is 35.2 Å². The van der Waals surface area contributed by atoms with Gasteiger partial charge in [-0.05, 0) is 29.0 Å². The highest BCUT2D eigenvalue weighted by Gasteiger charge is 2.23. The fourth-order valence-electron chi connectivity index (χ4n) is 2.79. The van der Waals surface area contributed by atoms with Gasteiger partial charge < -0.3 is 10.6 Å². The van der Waals surface area contributed by atoms with E-state index < -0.39 is 11.9 Å². The number of rotatable bonds is 5. The standard InChI is InChI=1S/C17H19N3O2S/c18-17(22)16(12-4-2-1-3-5-12)19-10-15(21)20-8-6-14-13(11-20)7-9-23-14/h1-5,7,9,16,19H,6,8,10-11H2,(H2,18,22)/t16-/m1/s1. The molecule has 1 atom stereocenters. The summed E-state index contributed by atoms with van der Waals surface area (Å²) in [5, 5.41) is 5.05. The van der Waals surface area contributed by atoms with Gasteiger partial charge in [-0.25, -0.2) is 0 Å². The molecule has 0 saturated carbocycles. The van der Waals surface area contributed by atoms with E-state index in [9.17, 15) is 9.59 Å². The Labute approximate surface area is 139 Å². The molecule has 2 heterocycles. The van der Waals surface area contributed by atoms with Crippen LogP contribution >= 0.6 is 11.3 Å². The molecule has 1 aliphatic rings. The average molecular weight is 329 g/mol. The molecule has 3 N–H and O–H groups in total. The van der Waals surface area contributed by atoms with Gasteiger partial charge >= 0.3 is 0 Å². The van der Waals surface area contributed by atoms with Gasteiger partial charge in [0, 0.05) is 18.0 Å². The van der Waals surface area contributed by atoms with Crippen LogP contribution in [0.2, 0.25) is 0 Å². The molecule has 2 aromatic rings. The summed E-state index contributed by atoms with van der Waals surface area (Å²) in [5.74, 6) is -0.494. The Balaban J connectivity index is 1.61. The summed E-state index contributed by atoms with van der Waals surface area (Å²) in [6, 6.07) is 10.6. The smallest absolute Gasteiger partial charge is 0.239 e. The summed E-state index contributed by atoms with van der Waals surface area (Å²) in [6.45, 7) is 1.47. The SMILES string of the molecule is NC(=O)[C@H](NCC(=O)N1CCc2sccc2C1)c1ccccc1. The van der Waals surface area contributed by atoms with Crippen LogP contribution < -0.4 is 11.1 Å². The number of benzene rings is 1. The lowest BCUT2D eigenvalue weighted by atomic mass is 10.1. The molecule has 0 radical (unpaired) electrons. The molecule has 0 bridgehead atoms. The summed E-state index contributed by atoms with van der Waals surface area (Å²) >= 11 is 1.74. The number of fused-ring (bicyclic) bond motifs is 1. The summed E-state index contributed by atoms with van der Waals surface area (Å²) < 4.78 is 0. The number of primary amides is 1. The Morgan fingerprint density at radius 2 is 2.04 bits per heavy atom. The first-order chi connectivity index (χ1) is 11.1. The van der Waals surface area contributed by atoms with Crippen molar-refractivity contribution in [2.45, 2.75) is 19.0 Å². The van der Waals surface area contributed by atoms with E-state index in [1.54, 1.807) is 11.3 Å². The van der Waals surface area contributed by atoms with Crippen LogP contribution in [0, 0.1) is 0 Å². The Hall–Kier alpha value is -2.18. The van der Waals surface area contributed by atoms with E-state index in [0.29, 0.717) is 6.54 Å². The zero-order valence-corrected chi connectivity index (χ0v) is 13.5. The van der Waals surface area contributed by atoms with Gasteiger partial charge in [-0.3, -0.25) is 14.9 Å². The molecule has 0 fully saturated rings. The first-order valence-electron chi connectivity index (χ1n) is 7.56. The zero-order valence-electron chi connectivity index (χ0n) is 12.7. The molecule has 1 aliphatic heterocycles. The molecule has 23 heavy (non-hydrogen) atoms. The highest BCUT2D eigenvalue weighted by molar-refractivity contribution is 7.10. The maximum atomic E-state index is 12.4. The van der Waals surface area contributed by atoms with Crippen molar-refractivity contribution in [2.24, 2.45) is 5.73 Å². The number of carbonyl (C=O) groups excluding carboxylic acids is 2. The maximum absolute atomic E-state index is 12.4. The predicted octanol–water partition coefficient (Wildman–Crippen LogP) is 1.45. The number of nitrogens with one attached hydrogen (secondary N) is 1. The average Bonchev–Trinajstić information content (AvgIpc) is 3.03. The van der Waals surface area contributed by atoms with Crippen molar-refractivity contribution in [1.82, 2.24) is 10.2 Å². The van der Waals surface area contributed by atoms with E-state index in [0.717, 1.165) is 18.5 Å². The van der Waals surface area contributed by atoms with E-state index in [1.165, 1.54) is 10.4 Å². The van der Waals surface area contributed by atoms with Crippen LogP contribution in [0.25, 0.3) is 0 Å². The van der Waals surface area contributed by atoms with Crippen LogP contribution in [0.5, 0.6) is 0 Å².